The second kappa shape index (κ2) is 6.72. The van der Waals surface area contributed by atoms with Crippen LogP contribution in [0, 0.1) is 5.53 Å². The molecule has 122 valence electrons. The zero-order valence-corrected chi connectivity index (χ0v) is 13.7. The quantitative estimate of drug-likeness (QED) is 0.829. The van der Waals surface area contributed by atoms with Gasteiger partial charge < -0.3 is 15.4 Å². The molecule has 1 fully saturated rings. The molecule has 0 aromatic heterocycles. The Kier molecular flexibility index (Phi) is 4.68. The lowest BCUT2D eigenvalue weighted by Gasteiger charge is -2.41. The number of halogens is 1. The van der Waals surface area contributed by atoms with Crippen molar-refractivity contribution in [2.75, 3.05) is 19.7 Å². The number of piperidine rings is 1. The second-order valence-corrected chi connectivity index (χ2v) is 6.62. The summed E-state index contributed by atoms with van der Waals surface area (Å²) in [4.78, 5) is 2.29. The average molecular weight is 333 g/mol. The van der Waals surface area contributed by atoms with E-state index < -0.39 is 0 Å². The van der Waals surface area contributed by atoms with E-state index in [1.165, 1.54) is 5.56 Å². The molecule has 1 aromatic carbocycles. The van der Waals surface area contributed by atoms with Gasteiger partial charge in [-0.15, -0.1) is 5.11 Å². The van der Waals surface area contributed by atoms with Crippen LogP contribution in [0.5, 0.6) is 0 Å². The number of hydrogen-bond acceptors (Lipinski definition) is 5. The van der Waals surface area contributed by atoms with Gasteiger partial charge in [-0.05, 0) is 43.0 Å². The summed E-state index contributed by atoms with van der Waals surface area (Å²) in [6, 6.07) is 7.93. The third-order valence-corrected chi connectivity index (χ3v) is 4.75. The van der Waals surface area contributed by atoms with Crippen LogP contribution in [-0.4, -0.2) is 30.1 Å². The maximum absolute atomic E-state index is 7.06. The summed E-state index contributed by atoms with van der Waals surface area (Å²) in [6.07, 6.45) is 6.56. The molecule has 2 aliphatic rings. The van der Waals surface area contributed by atoms with Gasteiger partial charge in [-0.2, -0.15) is 0 Å². The molecule has 3 N–H and O–H groups in total. The third kappa shape index (κ3) is 3.92. The minimum Gasteiger partial charge on any atom is -0.472 e. The summed E-state index contributed by atoms with van der Waals surface area (Å²) in [5, 5.41) is 4.12. The molecule has 2 aliphatic heterocycles. The van der Waals surface area contributed by atoms with Crippen LogP contribution >= 0.6 is 11.6 Å². The maximum Gasteiger partial charge on any atom is 0.235 e. The van der Waals surface area contributed by atoms with Gasteiger partial charge in [0.05, 0.1) is 0 Å². The van der Waals surface area contributed by atoms with Gasteiger partial charge in [0.25, 0.3) is 0 Å². The normalized spacial score (nSPS) is 20.3. The van der Waals surface area contributed by atoms with Gasteiger partial charge >= 0.3 is 0 Å². The monoisotopic (exact) mass is 332 g/mol. The molecule has 23 heavy (non-hydrogen) atoms. The molecule has 5 nitrogen and oxygen atoms in total. The molecular weight excluding hydrogens is 312 g/mol. The van der Waals surface area contributed by atoms with Gasteiger partial charge in [0.2, 0.25) is 5.88 Å². The van der Waals surface area contributed by atoms with Crippen LogP contribution in [-0.2, 0) is 11.2 Å². The SMILES string of the molecule is N=NC1=CC(N2CCC(N)(Cc3ccc(Cl)cc3)CC2)=CCO1. The lowest BCUT2D eigenvalue weighted by molar-refractivity contribution is 0.186. The molecule has 0 radical (unpaired) electrons. The topological polar surface area (TPSA) is 74.7 Å². The fraction of sp³-hybridized carbons (Fsp3) is 0.412. The van der Waals surface area contributed by atoms with E-state index in [0.29, 0.717) is 12.5 Å². The predicted octanol–water partition coefficient (Wildman–Crippen LogP) is 3.46. The first kappa shape index (κ1) is 16.0. The van der Waals surface area contributed by atoms with Gasteiger partial charge in [-0.3, -0.25) is 0 Å². The molecule has 0 aliphatic carbocycles. The van der Waals surface area contributed by atoms with Crippen molar-refractivity contribution in [2.24, 2.45) is 10.8 Å². The van der Waals surface area contributed by atoms with Crippen LogP contribution in [0.25, 0.3) is 0 Å². The van der Waals surface area contributed by atoms with Crippen molar-refractivity contribution < 1.29 is 4.74 Å². The summed E-state index contributed by atoms with van der Waals surface area (Å²) < 4.78 is 5.25. The highest BCUT2D eigenvalue weighted by atomic mass is 35.5. The Hall–Kier alpha value is -1.85. The van der Waals surface area contributed by atoms with E-state index in [1.807, 2.05) is 24.3 Å². The van der Waals surface area contributed by atoms with Crippen LogP contribution in [0.3, 0.4) is 0 Å². The van der Waals surface area contributed by atoms with Crippen LogP contribution in [0.4, 0.5) is 0 Å². The van der Waals surface area contributed by atoms with Crippen molar-refractivity contribution in [3.63, 3.8) is 0 Å². The van der Waals surface area contributed by atoms with E-state index in [2.05, 4.69) is 22.1 Å². The van der Waals surface area contributed by atoms with Gasteiger partial charge in [-0.1, -0.05) is 23.7 Å². The third-order valence-electron chi connectivity index (χ3n) is 4.50. The van der Waals surface area contributed by atoms with Crippen molar-refractivity contribution in [1.29, 1.82) is 5.53 Å². The highest BCUT2D eigenvalue weighted by Gasteiger charge is 2.31. The highest BCUT2D eigenvalue weighted by Crippen LogP contribution is 2.28. The first-order valence-electron chi connectivity index (χ1n) is 7.78. The van der Waals surface area contributed by atoms with Crippen LogP contribution < -0.4 is 5.73 Å². The van der Waals surface area contributed by atoms with Crippen molar-refractivity contribution >= 4 is 11.6 Å². The van der Waals surface area contributed by atoms with E-state index in [1.54, 1.807) is 0 Å². The van der Waals surface area contributed by atoms with E-state index in [9.17, 15) is 0 Å². The van der Waals surface area contributed by atoms with Crippen LogP contribution in [0.1, 0.15) is 18.4 Å². The Balaban J connectivity index is 1.61. The zero-order chi connectivity index (χ0) is 16.3. The molecule has 3 rings (SSSR count). The molecule has 6 heteroatoms. The number of likely N-dealkylation sites (tertiary alicyclic amines) is 1. The molecule has 1 saturated heterocycles. The molecule has 0 unspecified atom stereocenters. The lowest BCUT2D eigenvalue weighted by Crippen LogP contribution is -2.51. The zero-order valence-electron chi connectivity index (χ0n) is 13.0. The van der Waals surface area contributed by atoms with Crippen LogP contribution in [0.2, 0.25) is 5.02 Å². The molecular formula is C17H21ClN4O. The minimum absolute atomic E-state index is 0.178. The molecule has 0 atom stereocenters. The van der Waals surface area contributed by atoms with E-state index in [0.717, 1.165) is 43.1 Å². The van der Waals surface area contributed by atoms with E-state index in [-0.39, 0.29) is 5.54 Å². The standard InChI is InChI=1S/C17H21ClN4O/c18-14-3-1-13(2-4-14)12-17(19)6-8-22(9-7-17)15-5-10-23-16(11-15)21-20/h1-5,11,20H,6-10,12,19H2. The van der Waals surface area contributed by atoms with Gasteiger partial charge in [0, 0.05) is 35.4 Å². The average Bonchev–Trinajstić information content (AvgIpc) is 2.57. The first-order valence-corrected chi connectivity index (χ1v) is 8.16. The fourth-order valence-electron chi connectivity index (χ4n) is 3.12. The number of allylic oxidation sites excluding steroid dienone is 1. The Bertz CT molecular complexity index is 630. The smallest absolute Gasteiger partial charge is 0.235 e. The van der Waals surface area contributed by atoms with Crippen molar-refractivity contribution in [2.45, 2.75) is 24.8 Å². The number of nitrogens with one attached hydrogen (secondary N) is 1. The molecule has 0 spiro atoms. The minimum atomic E-state index is -0.178. The first-order chi connectivity index (χ1) is 11.1. The van der Waals surface area contributed by atoms with Gasteiger partial charge in [0.15, 0.2) is 0 Å². The Morgan fingerprint density at radius 1 is 1.26 bits per heavy atom. The maximum atomic E-state index is 7.06. The largest absolute Gasteiger partial charge is 0.472 e. The van der Waals surface area contributed by atoms with Crippen molar-refractivity contribution in [3.05, 3.63) is 58.6 Å². The van der Waals surface area contributed by atoms with Gasteiger partial charge in [0.1, 0.15) is 6.61 Å². The lowest BCUT2D eigenvalue weighted by atomic mass is 9.82. The van der Waals surface area contributed by atoms with E-state index in [4.69, 9.17) is 27.6 Å². The fourth-order valence-corrected chi connectivity index (χ4v) is 3.25. The number of nitrogens with two attached hydrogens (primary N) is 1. The Morgan fingerprint density at radius 2 is 1.96 bits per heavy atom. The molecule has 1 aromatic rings. The summed E-state index contributed by atoms with van der Waals surface area (Å²) in [5.41, 5.74) is 15.8. The molecule has 0 bridgehead atoms. The summed E-state index contributed by atoms with van der Waals surface area (Å²) >= 11 is 5.94. The summed E-state index contributed by atoms with van der Waals surface area (Å²) in [5.74, 6) is 0.369. The number of nitrogens with zero attached hydrogens (tertiary/aromatic N) is 2. The van der Waals surface area contributed by atoms with Gasteiger partial charge in [-0.25, -0.2) is 5.53 Å². The molecule has 0 saturated carbocycles. The Morgan fingerprint density at radius 3 is 2.61 bits per heavy atom. The summed E-state index contributed by atoms with van der Waals surface area (Å²) in [6.45, 7) is 2.27. The number of ether oxygens (including phenoxy) is 1. The molecule has 0 amide bonds. The molecule has 2 heterocycles. The number of rotatable bonds is 4. The van der Waals surface area contributed by atoms with Crippen molar-refractivity contribution in [1.82, 2.24) is 4.90 Å². The van der Waals surface area contributed by atoms with Crippen LogP contribution in [0.15, 0.2) is 53.1 Å². The number of benzene rings is 1. The van der Waals surface area contributed by atoms with Crippen molar-refractivity contribution in [3.8, 4) is 0 Å². The highest BCUT2D eigenvalue weighted by molar-refractivity contribution is 6.30. The second-order valence-electron chi connectivity index (χ2n) is 6.19. The number of hydrogen-bond donors (Lipinski definition) is 2. The summed E-state index contributed by atoms with van der Waals surface area (Å²) in [7, 11) is 0. The predicted molar refractivity (Wildman–Crippen MR) is 90.1 cm³/mol. The van der Waals surface area contributed by atoms with E-state index >= 15 is 0 Å². The Labute approximate surface area is 141 Å².